The van der Waals surface area contributed by atoms with Crippen LogP contribution in [0.2, 0.25) is 0 Å². The summed E-state index contributed by atoms with van der Waals surface area (Å²) in [7, 11) is 0. The van der Waals surface area contributed by atoms with Crippen LogP contribution in [0.1, 0.15) is 43.1 Å². The molecule has 1 aromatic heterocycles. The van der Waals surface area contributed by atoms with E-state index in [2.05, 4.69) is 35.6 Å². The number of aryl methyl sites for hydroxylation is 1. The number of carbonyl (C=O) groups excluding carboxylic acids is 1. The molecule has 0 N–H and O–H groups in total. The number of hydrogen-bond acceptors (Lipinski definition) is 6. The molecular weight excluding hydrogens is 286 g/mol. The van der Waals surface area contributed by atoms with E-state index in [4.69, 9.17) is 4.74 Å². The molecular formula is C15H25N3O2S. The predicted molar refractivity (Wildman–Crippen MR) is 86.3 cm³/mol. The topological polar surface area (TPSA) is 45.7 Å². The van der Waals surface area contributed by atoms with Crippen molar-refractivity contribution in [3.63, 3.8) is 0 Å². The van der Waals surface area contributed by atoms with Gasteiger partial charge in [-0.1, -0.05) is 0 Å². The maximum absolute atomic E-state index is 11.8. The van der Waals surface area contributed by atoms with Crippen molar-refractivity contribution in [1.29, 1.82) is 0 Å². The number of hydrogen-bond donors (Lipinski definition) is 0. The van der Waals surface area contributed by atoms with Gasteiger partial charge in [0.15, 0.2) is 10.8 Å². The molecule has 0 amide bonds. The zero-order chi connectivity index (χ0) is 15.6. The highest BCUT2D eigenvalue weighted by atomic mass is 32.1. The van der Waals surface area contributed by atoms with Crippen molar-refractivity contribution in [3.05, 3.63) is 10.6 Å². The Bertz CT molecular complexity index is 500. The van der Waals surface area contributed by atoms with E-state index in [0.29, 0.717) is 12.3 Å². The van der Waals surface area contributed by atoms with Crippen LogP contribution in [0, 0.1) is 6.92 Å². The lowest BCUT2D eigenvalue weighted by molar-refractivity contribution is 0.0519. The molecule has 0 unspecified atom stereocenters. The molecule has 5 nitrogen and oxygen atoms in total. The monoisotopic (exact) mass is 311 g/mol. The van der Waals surface area contributed by atoms with Crippen molar-refractivity contribution in [2.24, 2.45) is 0 Å². The third-order valence-electron chi connectivity index (χ3n) is 3.75. The SMILES string of the molecule is CCOC(=O)c1nc(N2CCN(C(C)(C)C)CC2)sc1C. The van der Waals surface area contributed by atoms with Gasteiger partial charge in [0.05, 0.1) is 6.61 Å². The fraction of sp³-hybridized carbons (Fsp3) is 0.733. The van der Waals surface area contributed by atoms with Crippen molar-refractivity contribution >= 4 is 22.4 Å². The highest BCUT2D eigenvalue weighted by Gasteiger charge is 2.28. The van der Waals surface area contributed by atoms with Crippen LogP contribution < -0.4 is 4.90 Å². The summed E-state index contributed by atoms with van der Waals surface area (Å²) in [5.41, 5.74) is 0.677. The zero-order valence-electron chi connectivity index (χ0n) is 13.6. The Morgan fingerprint density at radius 3 is 2.43 bits per heavy atom. The molecule has 118 valence electrons. The number of carbonyl (C=O) groups is 1. The van der Waals surface area contributed by atoms with Gasteiger partial charge in [0.1, 0.15) is 0 Å². The normalized spacial score (nSPS) is 17.1. The molecule has 1 fully saturated rings. The van der Waals surface area contributed by atoms with E-state index in [9.17, 15) is 4.79 Å². The highest BCUT2D eigenvalue weighted by Crippen LogP contribution is 2.28. The van der Waals surface area contributed by atoms with Gasteiger partial charge in [0.2, 0.25) is 0 Å². The predicted octanol–water partition coefficient (Wildman–Crippen LogP) is 2.55. The maximum atomic E-state index is 11.8. The minimum absolute atomic E-state index is 0.209. The Labute approximate surface area is 130 Å². The molecule has 0 radical (unpaired) electrons. The quantitative estimate of drug-likeness (QED) is 0.803. The van der Waals surface area contributed by atoms with Gasteiger partial charge in [0, 0.05) is 36.6 Å². The number of anilines is 1. The smallest absolute Gasteiger partial charge is 0.358 e. The van der Waals surface area contributed by atoms with Gasteiger partial charge in [0.25, 0.3) is 0 Å². The third kappa shape index (κ3) is 3.74. The molecule has 2 rings (SSSR count). The van der Waals surface area contributed by atoms with Crippen LogP contribution >= 0.6 is 11.3 Å². The van der Waals surface area contributed by atoms with Crippen LogP contribution in [0.3, 0.4) is 0 Å². The lowest BCUT2D eigenvalue weighted by Gasteiger charge is -2.42. The van der Waals surface area contributed by atoms with Crippen LogP contribution in [-0.2, 0) is 4.74 Å². The fourth-order valence-electron chi connectivity index (χ4n) is 2.48. The second kappa shape index (κ2) is 6.32. The molecule has 2 heterocycles. The highest BCUT2D eigenvalue weighted by molar-refractivity contribution is 7.15. The zero-order valence-corrected chi connectivity index (χ0v) is 14.4. The first-order valence-electron chi connectivity index (χ1n) is 7.47. The summed E-state index contributed by atoms with van der Waals surface area (Å²) in [6, 6.07) is 0. The number of nitrogens with zero attached hydrogens (tertiary/aromatic N) is 3. The standard InChI is InChI=1S/C15H25N3O2S/c1-6-20-13(19)12-11(2)21-14(16-12)17-7-9-18(10-8-17)15(3,4)5/h6-10H2,1-5H3. The van der Waals surface area contributed by atoms with E-state index in [1.54, 1.807) is 11.3 Å². The van der Waals surface area contributed by atoms with Gasteiger partial charge < -0.3 is 9.64 Å². The Morgan fingerprint density at radius 2 is 1.90 bits per heavy atom. The van der Waals surface area contributed by atoms with Gasteiger partial charge in [-0.3, -0.25) is 4.90 Å². The molecule has 0 bridgehead atoms. The minimum atomic E-state index is -0.314. The number of piperazine rings is 1. The summed E-state index contributed by atoms with van der Waals surface area (Å²) in [6.45, 7) is 14.8. The minimum Gasteiger partial charge on any atom is -0.461 e. The number of thiazole rings is 1. The van der Waals surface area contributed by atoms with E-state index in [1.807, 2.05) is 13.8 Å². The Balaban J connectivity index is 2.04. The van der Waals surface area contributed by atoms with Crippen LogP contribution in [0.15, 0.2) is 0 Å². The summed E-state index contributed by atoms with van der Waals surface area (Å²) in [5.74, 6) is -0.314. The van der Waals surface area contributed by atoms with Crippen molar-refractivity contribution in [3.8, 4) is 0 Å². The van der Waals surface area contributed by atoms with E-state index in [1.165, 1.54) is 0 Å². The first kappa shape index (κ1) is 16.2. The molecule has 0 aromatic carbocycles. The molecule has 6 heteroatoms. The Morgan fingerprint density at radius 1 is 1.29 bits per heavy atom. The summed E-state index contributed by atoms with van der Waals surface area (Å²) in [6.07, 6.45) is 0. The van der Waals surface area contributed by atoms with Gasteiger partial charge in [-0.2, -0.15) is 0 Å². The van der Waals surface area contributed by atoms with Gasteiger partial charge >= 0.3 is 5.97 Å². The summed E-state index contributed by atoms with van der Waals surface area (Å²) in [4.78, 5) is 22.0. The van der Waals surface area contributed by atoms with E-state index in [0.717, 1.165) is 36.2 Å². The van der Waals surface area contributed by atoms with Crippen molar-refractivity contribution in [1.82, 2.24) is 9.88 Å². The molecule has 0 saturated carbocycles. The van der Waals surface area contributed by atoms with Gasteiger partial charge in [-0.15, -0.1) is 11.3 Å². The summed E-state index contributed by atoms with van der Waals surface area (Å²) >= 11 is 1.58. The van der Waals surface area contributed by atoms with Crippen LogP contribution in [-0.4, -0.2) is 54.2 Å². The molecule has 1 aromatic rings. The number of aromatic nitrogens is 1. The summed E-state index contributed by atoms with van der Waals surface area (Å²) in [5, 5.41) is 0.934. The van der Waals surface area contributed by atoms with E-state index < -0.39 is 0 Å². The van der Waals surface area contributed by atoms with Crippen LogP contribution in [0.4, 0.5) is 5.13 Å². The maximum Gasteiger partial charge on any atom is 0.358 e. The Hall–Kier alpha value is -1.14. The van der Waals surface area contributed by atoms with Crippen molar-refractivity contribution < 1.29 is 9.53 Å². The van der Waals surface area contributed by atoms with Gasteiger partial charge in [-0.25, -0.2) is 9.78 Å². The first-order chi connectivity index (χ1) is 9.82. The molecule has 0 atom stereocenters. The molecule has 0 aliphatic carbocycles. The largest absolute Gasteiger partial charge is 0.461 e. The first-order valence-corrected chi connectivity index (χ1v) is 8.29. The number of ether oxygens (including phenoxy) is 1. The summed E-state index contributed by atoms with van der Waals surface area (Å²) < 4.78 is 5.05. The average molecular weight is 311 g/mol. The second-order valence-electron chi connectivity index (χ2n) is 6.27. The van der Waals surface area contributed by atoms with Crippen molar-refractivity contribution in [2.75, 3.05) is 37.7 Å². The molecule has 21 heavy (non-hydrogen) atoms. The number of esters is 1. The molecule has 1 aliphatic heterocycles. The molecule has 1 aliphatic rings. The van der Waals surface area contributed by atoms with Gasteiger partial charge in [-0.05, 0) is 34.6 Å². The number of rotatable bonds is 3. The van der Waals surface area contributed by atoms with E-state index in [-0.39, 0.29) is 11.5 Å². The fourth-order valence-corrected chi connectivity index (χ4v) is 3.42. The second-order valence-corrected chi connectivity index (χ2v) is 7.45. The van der Waals surface area contributed by atoms with Crippen molar-refractivity contribution in [2.45, 2.75) is 40.2 Å². The van der Waals surface area contributed by atoms with Crippen LogP contribution in [0.25, 0.3) is 0 Å². The van der Waals surface area contributed by atoms with E-state index >= 15 is 0 Å². The lowest BCUT2D eigenvalue weighted by Crippen LogP contribution is -2.53. The molecule has 1 saturated heterocycles. The lowest BCUT2D eigenvalue weighted by atomic mass is 10.1. The van der Waals surface area contributed by atoms with Crippen LogP contribution in [0.5, 0.6) is 0 Å². The third-order valence-corrected chi connectivity index (χ3v) is 4.78. The Kier molecular flexibility index (Phi) is 4.88. The average Bonchev–Trinajstić information content (AvgIpc) is 2.80. The molecule has 0 spiro atoms.